The Kier molecular flexibility index (Phi) is 4.75. The molecule has 1 aliphatic rings. The summed E-state index contributed by atoms with van der Waals surface area (Å²) in [5.41, 5.74) is 1.74. The second-order valence-electron chi connectivity index (χ2n) is 5.35. The van der Waals surface area contributed by atoms with E-state index in [9.17, 15) is 4.79 Å². The van der Waals surface area contributed by atoms with E-state index in [4.69, 9.17) is 10.00 Å². The molecule has 2 atom stereocenters. The van der Waals surface area contributed by atoms with Crippen molar-refractivity contribution in [2.75, 3.05) is 13.2 Å². The van der Waals surface area contributed by atoms with E-state index in [1.165, 1.54) is 0 Å². The fourth-order valence-electron chi connectivity index (χ4n) is 2.39. The largest absolute Gasteiger partial charge is 0.375 e. The minimum absolute atomic E-state index is 0.116. The highest BCUT2D eigenvalue weighted by Crippen LogP contribution is 2.14. The molecule has 1 heterocycles. The van der Waals surface area contributed by atoms with Crippen LogP contribution in [0.2, 0.25) is 0 Å². The maximum Gasteiger partial charge on any atom is 0.223 e. The van der Waals surface area contributed by atoms with Crippen LogP contribution >= 0.6 is 0 Å². The van der Waals surface area contributed by atoms with Gasteiger partial charge >= 0.3 is 0 Å². The average molecular weight is 272 g/mol. The zero-order valence-electron chi connectivity index (χ0n) is 12.0. The van der Waals surface area contributed by atoms with Gasteiger partial charge in [-0.25, -0.2) is 0 Å². The first-order chi connectivity index (χ1) is 9.60. The lowest BCUT2D eigenvalue weighted by Crippen LogP contribution is -2.50. The van der Waals surface area contributed by atoms with Crippen LogP contribution in [-0.2, 0) is 16.0 Å². The molecule has 0 bridgehead atoms. The molecule has 0 aromatic heterocycles. The summed E-state index contributed by atoms with van der Waals surface area (Å²) in [6, 6.07) is 9.65. The van der Waals surface area contributed by atoms with Crippen LogP contribution in [0.3, 0.4) is 0 Å². The van der Waals surface area contributed by atoms with Crippen molar-refractivity contribution in [1.82, 2.24) is 4.90 Å². The molecule has 1 aromatic rings. The van der Waals surface area contributed by atoms with Crippen molar-refractivity contribution < 1.29 is 9.53 Å². The maximum absolute atomic E-state index is 12.3. The third-order valence-electron chi connectivity index (χ3n) is 3.64. The normalized spacial score (nSPS) is 22.4. The highest BCUT2D eigenvalue weighted by atomic mass is 16.5. The molecule has 1 amide bonds. The number of rotatable bonds is 3. The molecule has 0 saturated carbocycles. The van der Waals surface area contributed by atoms with Crippen LogP contribution in [0.15, 0.2) is 24.3 Å². The number of carbonyl (C=O) groups excluding carboxylic acids is 1. The Hall–Kier alpha value is -1.86. The Bertz CT molecular complexity index is 504. The molecule has 1 aliphatic heterocycles. The van der Waals surface area contributed by atoms with Gasteiger partial charge in [-0.1, -0.05) is 12.1 Å². The molecule has 0 N–H and O–H groups in total. The second kappa shape index (κ2) is 6.53. The zero-order chi connectivity index (χ0) is 14.5. The van der Waals surface area contributed by atoms with Crippen LogP contribution in [0.25, 0.3) is 0 Å². The summed E-state index contributed by atoms with van der Waals surface area (Å²) in [7, 11) is 0. The molecule has 1 fully saturated rings. The van der Waals surface area contributed by atoms with Gasteiger partial charge in [0.05, 0.1) is 30.4 Å². The molecule has 4 nitrogen and oxygen atoms in total. The summed E-state index contributed by atoms with van der Waals surface area (Å²) < 4.78 is 5.53. The monoisotopic (exact) mass is 272 g/mol. The van der Waals surface area contributed by atoms with Gasteiger partial charge in [0.15, 0.2) is 0 Å². The average Bonchev–Trinajstić information content (AvgIpc) is 2.47. The number of nitrogens with zero attached hydrogens (tertiary/aromatic N) is 2. The van der Waals surface area contributed by atoms with Gasteiger partial charge in [0.1, 0.15) is 0 Å². The van der Waals surface area contributed by atoms with E-state index in [0.717, 1.165) is 5.56 Å². The first-order valence-electron chi connectivity index (χ1n) is 7.00. The highest BCUT2D eigenvalue weighted by molar-refractivity contribution is 5.77. The Balaban J connectivity index is 1.89. The number of benzene rings is 1. The minimum Gasteiger partial charge on any atom is -0.375 e. The first kappa shape index (κ1) is 14.5. The lowest BCUT2D eigenvalue weighted by Gasteiger charge is -2.36. The van der Waals surface area contributed by atoms with Crippen LogP contribution in [0.5, 0.6) is 0 Å². The molecule has 1 aromatic carbocycles. The molecular formula is C16H20N2O2. The van der Waals surface area contributed by atoms with Crippen molar-refractivity contribution in [3.63, 3.8) is 0 Å². The van der Waals surface area contributed by atoms with Gasteiger partial charge in [-0.2, -0.15) is 5.26 Å². The standard InChI is InChI=1S/C16H20N2O2/c1-12-11-20-13(2)10-18(12)16(19)8-7-14-3-5-15(9-17)6-4-14/h3-6,12-13H,7-8,10-11H2,1-2H3. The van der Waals surface area contributed by atoms with Crippen LogP contribution in [0.1, 0.15) is 31.4 Å². The molecule has 0 spiro atoms. The van der Waals surface area contributed by atoms with Gasteiger partial charge in [0.2, 0.25) is 5.91 Å². The van der Waals surface area contributed by atoms with E-state index < -0.39 is 0 Å². The van der Waals surface area contributed by atoms with E-state index >= 15 is 0 Å². The van der Waals surface area contributed by atoms with Crippen molar-refractivity contribution in [2.24, 2.45) is 0 Å². The Morgan fingerprint density at radius 3 is 2.75 bits per heavy atom. The number of ether oxygens (including phenoxy) is 1. The minimum atomic E-state index is 0.116. The van der Waals surface area contributed by atoms with E-state index in [-0.39, 0.29) is 18.1 Å². The topological polar surface area (TPSA) is 53.3 Å². The van der Waals surface area contributed by atoms with Crippen molar-refractivity contribution in [3.05, 3.63) is 35.4 Å². The highest BCUT2D eigenvalue weighted by Gasteiger charge is 2.26. The van der Waals surface area contributed by atoms with Crippen LogP contribution in [0.4, 0.5) is 0 Å². The molecule has 0 aliphatic carbocycles. The van der Waals surface area contributed by atoms with Gasteiger partial charge in [-0.15, -0.1) is 0 Å². The second-order valence-corrected chi connectivity index (χ2v) is 5.35. The van der Waals surface area contributed by atoms with Crippen molar-refractivity contribution in [1.29, 1.82) is 5.26 Å². The molecule has 1 saturated heterocycles. The van der Waals surface area contributed by atoms with Crippen LogP contribution in [-0.4, -0.2) is 36.1 Å². The first-order valence-corrected chi connectivity index (χ1v) is 7.00. The molecule has 20 heavy (non-hydrogen) atoms. The Morgan fingerprint density at radius 2 is 2.10 bits per heavy atom. The predicted molar refractivity (Wildman–Crippen MR) is 76.1 cm³/mol. The Labute approximate surface area is 120 Å². The summed E-state index contributed by atoms with van der Waals surface area (Å²) in [5, 5.41) is 8.75. The fourth-order valence-corrected chi connectivity index (χ4v) is 2.39. The smallest absolute Gasteiger partial charge is 0.223 e. The number of amides is 1. The number of morpholine rings is 1. The van der Waals surface area contributed by atoms with E-state index in [1.807, 2.05) is 30.9 Å². The molecule has 0 radical (unpaired) electrons. The summed E-state index contributed by atoms with van der Waals surface area (Å²) >= 11 is 0. The van der Waals surface area contributed by atoms with E-state index in [1.54, 1.807) is 12.1 Å². The van der Waals surface area contributed by atoms with Crippen LogP contribution in [0, 0.1) is 11.3 Å². The van der Waals surface area contributed by atoms with Crippen molar-refractivity contribution >= 4 is 5.91 Å². The van der Waals surface area contributed by atoms with E-state index in [2.05, 4.69) is 6.07 Å². The fraction of sp³-hybridized carbons (Fsp3) is 0.500. The quantitative estimate of drug-likeness (QED) is 0.847. The lowest BCUT2D eigenvalue weighted by molar-refractivity contribution is -0.143. The summed E-state index contributed by atoms with van der Waals surface area (Å²) in [6.07, 6.45) is 1.33. The van der Waals surface area contributed by atoms with Gasteiger partial charge in [0.25, 0.3) is 0 Å². The number of carbonyl (C=O) groups is 1. The molecule has 106 valence electrons. The number of nitriles is 1. The molecule has 2 unspecified atom stereocenters. The van der Waals surface area contributed by atoms with Crippen molar-refractivity contribution in [3.8, 4) is 6.07 Å². The molecule has 2 rings (SSSR count). The SMILES string of the molecule is CC1CN(C(=O)CCc2ccc(C#N)cc2)C(C)CO1. The molecule has 4 heteroatoms. The summed E-state index contributed by atoms with van der Waals surface area (Å²) in [5.74, 6) is 0.178. The van der Waals surface area contributed by atoms with Gasteiger partial charge in [-0.3, -0.25) is 4.79 Å². The zero-order valence-corrected chi connectivity index (χ0v) is 12.0. The Morgan fingerprint density at radius 1 is 1.40 bits per heavy atom. The van der Waals surface area contributed by atoms with Crippen molar-refractivity contribution in [2.45, 2.75) is 38.8 Å². The third kappa shape index (κ3) is 3.58. The lowest BCUT2D eigenvalue weighted by atomic mass is 10.1. The summed E-state index contributed by atoms with van der Waals surface area (Å²) in [4.78, 5) is 14.2. The predicted octanol–water partition coefficient (Wildman–Crippen LogP) is 2.13. The maximum atomic E-state index is 12.3. The van der Waals surface area contributed by atoms with Gasteiger partial charge in [0, 0.05) is 13.0 Å². The number of hydrogen-bond donors (Lipinski definition) is 0. The van der Waals surface area contributed by atoms with Crippen LogP contribution < -0.4 is 0 Å². The third-order valence-corrected chi connectivity index (χ3v) is 3.64. The number of aryl methyl sites for hydroxylation is 1. The number of hydrogen-bond acceptors (Lipinski definition) is 3. The molecular weight excluding hydrogens is 252 g/mol. The van der Waals surface area contributed by atoms with Gasteiger partial charge in [-0.05, 0) is 38.0 Å². The van der Waals surface area contributed by atoms with E-state index in [0.29, 0.717) is 31.6 Å². The van der Waals surface area contributed by atoms with Gasteiger partial charge < -0.3 is 9.64 Å². The summed E-state index contributed by atoms with van der Waals surface area (Å²) in [6.45, 7) is 5.30.